The fourth-order valence-corrected chi connectivity index (χ4v) is 3.78. The number of rotatable bonds is 3. The molecule has 0 bridgehead atoms. The average molecular weight is 371 g/mol. The maximum Gasteiger partial charge on any atom is 0.260 e. The highest BCUT2D eigenvalue weighted by molar-refractivity contribution is 7.17. The molecule has 25 heavy (non-hydrogen) atoms. The van der Waals surface area contributed by atoms with E-state index in [-0.39, 0.29) is 11.3 Å². The van der Waals surface area contributed by atoms with Crippen LogP contribution in [0.2, 0.25) is 5.02 Å². The third kappa shape index (κ3) is 3.14. The molecule has 1 aromatic carbocycles. The molecule has 3 heterocycles. The summed E-state index contributed by atoms with van der Waals surface area (Å²) >= 11 is 7.37. The van der Waals surface area contributed by atoms with Gasteiger partial charge < -0.3 is 10.1 Å². The van der Waals surface area contributed by atoms with Gasteiger partial charge in [0, 0.05) is 22.0 Å². The van der Waals surface area contributed by atoms with Gasteiger partial charge in [0.25, 0.3) is 5.56 Å². The summed E-state index contributed by atoms with van der Waals surface area (Å²) in [5.41, 5.74) is 1.60. The van der Waals surface area contributed by atoms with Crippen LogP contribution in [0, 0.1) is 0 Å². The second kappa shape index (κ2) is 6.31. The smallest absolute Gasteiger partial charge is 0.260 e. The van der Waals surface area contributed by atoms with E-state index < -0.39 is 0 Å². The van der Waals surface area contributed by atoms with Gasteiger partial charge in [-0.2, -0.15) is 4.57 Å². The Morgan fingerprint density at radius 1 is 1.24 bits per heavy atom. The van der Waals surface area contributed by atoms with E-state index >= 15 is 0 Å². The number of fused-ring (bicyclic) bond motifs is 1. The Labute approximate surface area is 151 Å². The van der Waals surface area contributed by atoms with E-state index in [0.29, 0.717) is 27.6 Å². The van der Waals surface area contributed by atoms with Crippen LogP contribution in [0.1, 0.15) is 5.82 Å². The predicted octanol–water partition coefficient (Wildman–Crippen LogP) is 3.35. The number of H-pyrrole nitrogens is 1. The molecule has 4 rings (SSSR count). The van der Waals surface area contributed by atoms with Crippen molar-refractivity contribution in [2.45, 2.75) is 6.54 Å². The molecule has 0 radical (unpaired) electrons. The minimum atomic E-state index is -0.174. The van der Waals surface area contributed by atoms with Crippen molar-refractivity contribution >= 4 is 33.2 Å². The molecule has 0 spiro atoms. The fourth-order valence-electron chi connectivity index (χ4n) is 2.69. The summed E-state index contributed by atoms with van der Waals surface area (Å²) in [5, 5.41) is 12.7. The summed E-state index contributed by atoms with van der Waals surface area (Å²) in [6.45, 7) is 0.369. The monoisotopic (exact) mass is 370 g/mol. The predicted molar refractivity (Wildman–Crippen MR) is 98.1 cm³/mol. The lowest BCUT2D eigenvalue weighted by Gasteiger charge is -2.01. The van der Waals surface area contributed by atoms with Crippen molar-refractivity contribution in [2.24, 2.45) is 0 Å². The van der Waals surface area contributed by atoms with Crippen molar-refractivity contribution < 1.29 is 9.67 Å². The number of benzene rings is 1. The quantitative estimate of drug-likeness (QED) is 0.543. The first-order valence-electron chi connectivity index (χ1n) is 7.54. The van der Waals surface area contributed by atoms with Crippen LogP contribution in [-0.4, -0.2) is 15.1 Å². The summed E-state index contributed by atoms with van der Waals surface area (Å²) in [5.74, 6) is 0.699. The third-order valence-electron chi connectivity index (χ3n) is 3.82. The van der Waals surface area contributed by atoms with Crippen molar-refractivity contribution in [3.8, 4) is 16.9 Å². The molecule has 0 saturated carbocycles. The molecule has 0 aliphatic rings. The third-order valence-corrected chi connectivity index (χ3v) is 4.95. The van der Waals surface area contributed by atoms with E-state index in [1.807, 2.05) is 17.5 Å². The van der Waals surface area contributed by atoms with Crippen LogP contribution in [0.3, 0.4) is 0 Å². The van der Waals surface area contributed by atoms with Gasteiger partial charge in [0.05, 0.1) is 5.39 Å². The highest BCUT2D eigenvalue weighted by Gasteiger charge is 2.15. The largest absolute Gasteiger partial charge is 0.503 e. The molecule has 0 amide bonds. The summed E-state index contributed by atoms with van der Waals surface area (Å²) in [6, 6.07) is 10.7. The Morgan fingerprint density at radius 3 is 2.80 bits per heavy atom. The van der Waals surface area contributed by atoms with E-state index in [2.05, 4.69) is 9.97 Å². The fraction of sp³-hybridized carbons (Fsp3) is 0.0556. The van der Waals surface area contributed by atoms with E-state index in [1.54, 1.807) is 41.2 Å². The molecule has 0 aliphatic heterocycles. The Morgan fingerprint density at radius 2 is 2.04 bits per heavy atom. The Bertz CT molecular complexity index is 1120. The van der Waals surface area contributed by atoms with Gasteiger partial charge >= 0.3 is 0 Å². The maximum absolute atomic E-state index is 12.6. The number of pyridine rings is 1. The van der Waals surface area contributed by atoms with Crippen molar-refractivity contribution in [1.29, 1.82) is 0 Å². The number of aromatic nitrogens is 3. The second-order valence-corrected chi connectivity index (χ2v) is 6.88. The van der Waals surface area contributed by atoms with Gasteiger partial charge in [0.1, 0.15) is 4.83 Å². The lowest BCUT2D eigenvalue weighted by molar-refractivity contribution is -0.689. The van der Waals surface area contributed by atoms with Crippen molar-refractivity contribution in [2.75, 3.05) is 0 Å². The zero-order valence-electron chi connectivity index (χ0n) is 12.9. The topological polar surface area (TPSA) is 69.9 Å². The number of aromatic amines is 1. The molecular formula is C18H13ClN3O2S+. The molecule has 3 aromatic heterocycles. The molecule has 5 nitrogen and oxygen atoms in total. The molecule has 124 valence electrons. The second-order valence-electron chi connectivity index (χ2n) is 5.58. The number of hydrogen-bond acceptors (Lipinski definition) is 4. The highest BCUT2D eigenvalue weighted by atomic mass is 35.5. The molecule has 0 aliphatic carbocycles. The summed E-state index contributed by atoms with van der Waals surface area (Å²) in [4.78, 5) is 20.7. The van der Waals surface area contributed by atoms with Gasteiger partial charge in [-0.15, -0.1) is 11.3 Å². The summed E-state index contributed by atoms with van der Waals surface area (Å²) in [7, 11) is 0. The molecule has 4 aromatic rings. The number of nitrogens with one attached hydrogen (secondary N) is 1. The zero-order valence-corrected chi connectivity index (χ0v) is 14.5. The first-order valence-corrected chi connectivity index (χ1v) is 8.80. The number of nitrogens with zero attached hydrogens (tertiary/aromatic N) is 2. The van der Waals surface area contributed by atoms with Gasteiger partial charge in [-0.1, -0.05) is 23.7 Å². The van der Waals surface area contributed by atoms with Crippen LogP contribution in [0.15, 0.2) is 59.0 Å². The standard InChI is InChI=1S/C18H12ClN3O2S/c19-12-5-3-11(4-6-12)14-10-25-18-16(14)17(24)20-15(21-18)9-22-7-1-2-13(23)8-22/h1-8,10H,9H2,(H-,20,21,23,24)/p+1. The Balaban J connectivity index is 1.77. The normalized spacial score (nSPS) is 11.1. The Kier molecular flexibility index (Phi) is 3.99. The molecule has 0 atom stereocenters. The van der Waals surface area contributed by atoms with E-state index in [4.69, 9.17) is 11.6 Å². The minimum Gasteiger partial charge on any atom is -0.503 e. The minimum absolute atomic E-state index is 0.159. The number of halogens is 1. The van der Waals surface area contributed by atoms with Crippen molar-refractivity contribution in [1.82, 2.24) is 9.97 Å². The van der Waals surface area contributed by atoms with Gasteiger partial charge in [-0.3, -0.25) is 4.79 Å². The lowest BCUT2D eigenvalue weighted by Crippen LogP contribution is -2.34. The molecule has 0 fully saturated rings. The van der Waals surface area contributed by atoms with Crippen LogP contribution < -0.4 is 10.1 Å². The zero-order chi connectivity index (χ0) is 17.4. The SMILES string of the molecule is O=c1[nH]c(C[n+]2cccc(O)c2)nc2scc(-c3ccc(Cl)cc3)c12. The summed E-state index contributed by atoms with van der Waals surface area (Å²) in [6.07, 6.45) is 3.38. The number of thiophene rings is 1. The van der Waals surface area contributed by atoms with Gasteiger partial charge in [0.15, 0.2) is 17.8 Å². The molecule has 7 heteroatoms. The van der Waals surface area contributed by atoms with E-state index in [1.165, 1.54) is 11.3 Å². The maximum atomic E-state index is 12.6. The molecule has 0 saturated heterocycles. The lowest BCUT2D eigenvalue weighted by atomic mass is 10.1. The highest BCUT2D eigenvalue weighted by Crippen LogP contribution is 2.31. The number of hydrogen-bond donors (Lipinski definition) is 2. The van der Waals surface area contributed by atoms with Crippen LogP contribution in [-0.2, 0) is 6.54 Å². The average Bonchev–Trinajstić information content (AvgIpc) is 3.00. The van der Waals surface area contributed by atoms with Gasteiger partial charge in [0.2, 0.25) is 12.7 Å². The molecule has 2 N–H and O–H groups in total. The van der Waals surface area contributed by atoms with Crippen LogP contribution in [0.25, 0.3) is 21.3 Å². The molecular weight excluding hydrogens is 358 g/mol. The van der Waals surface area contributed by atoms with Gasteiger partial charge in [-0.25, -0.2) is 4.98 Å². The molecule has 0 unspecified atom stereocenters. The van der Waals surface area contributed by atoms with Crippen LogP contribution >= 0.6 is 22.9 Å². The van der Waals surface area contributed by atoms with E-state index in [0.717, 1.165) is 11.1 Å². The van der Waals surface area contributed by atoms with E-state index in [9.17, 15) is 9.90 Å². The van der Waals surface area contributed by atoms with Crippen LogP contribution in [0.4, 0.5) is 0 Å². The summed E-state index contributed by atoms with van der Waals surface area (Å²) < 4.78 is 1.76. The van der Waals surface area contributed by atoms with Crippen molar-refractivity contribution in [3.05, 3.63) is 75.4 Å². The first kappa shape index (κ1) is 15.8. The van der Waals surface area contributed by atoms with Gasteiger partial charge in [-0.05, 0) is 23.8 Å². The van der Waals surface area contributed by atoms with Crippen molar-refractivity contribution in [3.63, 3.8) is 0 Å². The Hall–Kier alpha value is -2.70. The van der Waals surface area contributed by atoms with Crippen LogP contribution in [0.5, 0.6) is 5.75 Å². The number of aromatic hydroxyl groups is 1. The first-order chi connectivity index (χ1) is 12.1.